The van der Waals surface area contributed by atoms with Crippen molar-refractivity contribution in [3.8, 4) is 0 Å². The first-order valence-electron chi connectivity index (χ1n) is 5.90. The summed E-state index contributed by atoms with van der Waals surface area (Å²) in [6, 6.07) is 1.05. The summed E-state index contributed by atoms with van der Waals surface area (Å²) in [6.45, 7) is 5.70. The van der Waals surface area contributed by atoms with E-state index < -0.39 is 0 Å². The molecule has 2 aliphatic rings. The van der Waals surface area contributed by atoms with Crippen LogP contribution in [0.2, 0.25) is 0 Å². The normalized spacial score (nSPS) is 25.7. The fraction of sp³-hybridized carbons (Fsp3) is 0.909. The zero-order valence-corrected chi connectivity index (χ0v) is 9.70. The number of likely N-dealkylation sites (N-methyl/N-ethyl adjacent to an activating group) is 1. The van der Waals surface area contributed by atoms with Crippen molar-refractivity contribution in [1.82, 2.24) is 15.1 Å². The molecule has 1 amide bonds. The van der Waals surface area contributed by atoms with Gasteiger partial charge < -0.3 is 10.2 Å². The van der Waals surface area contributed by atoms with Crippen LogP contribution in [0.4, 0.5) is 0 Å². The molecule has 1 saturated carbocycles. The Kier molecular flexibility index (Phi) is 3.26. The Morgan fingerprint density at radius 3 is 2.73 bits per heavy atom. The second kappa shape index (κ2) is 4.49. The van der Waals surface area contributed by atoms with Crippen molar-refractivity contribution in [3.63, 3.8) is 0 Å². The highest BCUT2D eigenvalue weighted by Crippen LogP contribution is 2.27. The third-order valence-electron chi connectivity index (χ3n) is 3.35. The molecule has 0 bridgehead atoms. The maximum Gasteiger partial charge on any atom is 0.237 e. The van der Waals surface area contributed by atoms with Gasteiger partial charge in [0, 0.05) is 31.7 Å². The quantitative estimate of drug-likeness (QED) is 0.705. The van der Waals surface area contributed by atoms with Crippen molar-refractivity contribution in [3.05, 3.63) is 0 Å². The van der Waals surface area contributed by atoms with Gasteiger partial charge in [-0.25, -0.2) is 0 Å². The van der Waals surface area contributed by atoms with Gasteiger partial charge in [0.1, 0.15) is 0 Å². The van der Waals surface area contributed by atoms with E-state index in [1.807, 2.05) is 7.05 Å². The Labute approximate surface area is 91.6 Å². The van der Waals surface area contributed by atoms with Crippen molar-refractivity contribution in [2.45, 2.75) is 31.8 Å². The van der Waals surface area contributed by atoms with E-state index in [1.54, 1.807) is 0 Å². The van der Waals surface area contributed by atoms with Gasteiger partial charge >= 0.3 is 0 Å². The Balaban J connectivity index is 1.79. The van der Waals surface area contributed by atoms with Crippen LogP contribution in [0.15, 0.2) is 0 Å². The Morgan fingerprint density at radius 2 is 2.20 bits per heavy atom. The van der Waals surface area contributed by atoms with Gasteiger partial charge in [0.15, 0.2) is 0 Å². The number of piperazine rings is 1. The average molecular weight is 211 g/mol. The molecule has 2 fully saturated rings. The molecular formula is C11H21N3O. The lowest BCUT2D eigenvalue weighted by atomic mass is 10.2. The first-order valence-corrected chi connectivity index (χ1v) is 5.90. The summed E-state index contributed by atoms with van der Waals surface area (Å²) >= 11 is 0. The molecule has 1 aliphatic carbocycles. The van der Waals surface area contributed by atoms with Crippen LogP contribution in [0.25, 0.3) is 0 Å². The number of carbonyl (C=O) groups is 1. The maximum atomic E-state index is 11.8. The number of amides is 1. The smallest absolute Gasteiger partial charge is 0.237 e. The molecule has 1 heterocycles. The number of hydrogen-bond donors (Lipinski definition) is 1. The van der Waals surface area contributed by atoms with E-state index in [9.17, 15) is 4.79 Å². The molecule has 1 N–H and O–H groups in total. The molecule has 1 atom stereocenters. The highest BCUT2D eigenvalue weighted by Gasteiger charge is 2.35. The lowest BCUT2D eigenvalue weighted by Crippen LogP contribution is -2.53. The van der Waals surface area contributed by atoms with Gasteiger partial charge in [-0.2, -0.15) is 0 Å². The van der Waals surface area contributed by atoms with E-state index >= 15 is 0 Å². The molecule has 0 aromatic carbocycles. The number of carbonyl (C=O) groups excluding carboxylic acids is 1. The molecule has 0 aromatic heterocycles. The molecule has 0 radical (unpaired) electrons. The largest absolute Gasteiger partial charge is 0.337 e. The van der Waals surface area contributed by atoms with Gasteiger partial charge in [0.05, 0.1) is 6.54 Å². The van der Waals surface area contributed by atoms with E-state index in [2.05, 4.69) is 22.0 Å². The summed E-state index contributed by atoms with van der Waals surface area (Å²) in [4.78, 5) is 16.1. The fourth-order valence-corrected chi connectivity index (χ4v) is 2.14. The minimum atomic E-state index is 0.326. The van der Waals surface area contributed by atoms with E-state index in [0.717, 1.165) is 19.6 Å². The number of nitrogens with one attached hydrogen (secondary N) is 1. The number of nitrogens with zero attached hydrogens (tertiary/aromatic N) is 2. The van der Waals surface area contributed by atoms with Gasteiger partial charge in [-0.1, -0.05) is 0 Å². The Bertz CT molecular complexity index is 240. The third kappa shape index (κ3) is 2.69. The predicted molar refractivity (Wildman–Crippen MR) is 59.7 cm³/mol. The molecule has 15 heavy (non-hydrogen) atoms. The summed E-state index contributed by atoms with van der Waals surface area (Å²) < 4.78 is 0. The van der Waals surface area contributed by atoms with Crippen LogP contribution in [-0.2, 0) is 4.79 Å². The molecular weight excluding hydrogens is 190 g/mol. The predicted octanol–water partition coefficient (Wildman–Crippen LogP) is -0.0991. The second-order valence-corrected chi connectivity index (χ2v) is 4.74. The summed E-state index contributed by atoms with van der Waals surface area (Å²) in [7, 11) is 1.97. The molecule has 1 saturated heterocycles. The molecule has 4 nitrogen and oxygen atoms in total. The second-order valence-electron chi connectivity index (χ2n) is 4.74. The van der Waals surface area contributed by atoms with Crippen molar-refractivity contribution in [2.24, 2.45) is 0 Å². The van der Waals surface area contributed by atoms with E-state index in [1.165, 1.54) is 12.8 Å². The number of rotatable bonds is 4. The standard InChI is InChI=1S/C11H21N3O/c1-9(12-2)7-13-5-6-14(10-3-4-10)11(15)8-13/h9-10,12H,3-8H2,1-2H3. The molecule has 0 aromatic rings. The highest BCUT2D eigenvalue weighted by atomic mass is 16.2. The lowest BCUT2D eigenvalue weighted by Gasteiger charge is -2.35. The third-order valence-corrected chi connectivity index (χ3v) is 3.35. The molecule has 86 valence electrons. The molecule has 1 aliphatic heterocycles. The molecule has 0 spiro atoms. The molecule has 4 heteroatoms. The van der Waals surface area contributed by atoms with Gasteiger partial charge in [-0.15, -0.1) is 0 Å². The fourth-order valence-electron chi connectivity index (χ4n) is 2.14. The minimum Gasteiger partial charge on any atom is -0.337 e. The molecule has 1 unspecified atom stereocenters. The zero-order chi connectivity index (χ0) is 10.8. The summed E-state index contributed by atoms with van der Waals surface area (Å²) in [5.74, 6) is 0.326. The van der Waals surface area contributed by atoms with Gasteiger partial charge in [0.2, 0.25) is 5.91 Å². The van der Waals surface area contributed by atoms with Crippen LogP contribution in [0.1, 0.15) is 19.8 Å². The van der Waals surface area contributed by atoms with E-state index in [-0.39, 0.29) is 0 Å². The van der Waals surface area contributed by atoms with Gasteiger partial charge in [0.25, 0.3) is 0 Å². The van der Waals surface area contributed by atoms with Gasteiger partial charge in [-0.05, 0) is 26.8 Å². The van der Waals surface area contributed by atoms with Crippen LogP contribution in [0, 0.1) is 0 Å². The van der Waals surface area contributed by atoms with Crippen LogP contribution in [0.5, 0.6) is 0 Å². The van der Waals surface area contributed by atoms with Crippen molar-refractivity contribution in [2.75, 3.05) is 33.2 Å². The first-order chi connectivity index (χ1) is 7.20. The maximum absolute atomic E-state index is 11.8. The average Bonchev–Trinajstić information content (AvgIpc) is 3.01. The minimum absolute atomic E-state index is 0.326. The van der Waals surface area contributed by atoms with E-state index in [4.69, 9.17) is 0 Å². The van der Waals surface area contributed by atoms with Gasteiger partial charge in [-0.3, -0.25) is 9.69 Å². The molecule has 2 rings (SSSR count). The monoisotopic (exact) mass is 211 g/mol. The summed E-state index contributed by atoms with van der Waals surface area (Å²) in [6.07, 6.45) is 2.44. The number of hydrogen-bond acceptors (Lipinski definition) is 3. The van der Waals surface area contributed by atoms with Crippen molar-refractivity contribution < 1.29 is 4.79 Å². The van der Waals surface area contributed by atoms with Crippen molar-refractivity contribution >= 4 is 5.91 Å². The van der Waals surface area contributed by atoms with Crippen LogP contribution in [0.3, 0.4) is 0 Å². The van der Waals surface area contributed by atoms with Crippen molar-refractivity contribution in [1.29, 1.82) is 0 Å². The van der Waals surface area contributed by atoms with Crippen LogP contribution < -0.4 is 5.32 Å². The summed E-state index contributed by atoms with van der Waals surface area (Å²) in [5, 5.41) is 3.21. The first kappa shape index (κ1) is 10.9. The zero-order valence-electron chi connectivity index (χ0n) is 9.70. The Morgan fingerprint density at radius 1 is 1.47 bits per heavy atom. The topological polar surface area (TPSA) is 35.6 Å². The lowest BCUT2D eigenvalue weighted by molar-refractivity contribution is -0.136. The summed E-state index contributed by atoms with van der Waals surface area (Å²) in [5.41, 5.74) is 0. The SMILES string of the molecule is CNC(C)CN1CCN(C2CC2)C(=O)C1. The van der Waals surface area contributed by atoms with E-state index in [0.29, 0.717) is 24.5 Å². The van der Waals surface area contributed by atoms with Crippen LogP contribution in [-0.4, -0.2) is 61.0 Å². The highest BCUT2D eigenvalue weighted by molar-refractivity contribution is 5.79. The van der Waals surface area contributed by atoms with Crippen LogP contribution >= 0.6 is 0 Å². The Hall–Kier alpha value is -0.610.